The molecule has 1 amide bonds. The van der Waals surface area contributed by atoms with Gasteiger partial charge in [-0.3, -0.25) is 9.78 Å². The molecule has 0 bridgehead atoms. The quantitative estimate of drug-likeness (QED) is 0.772. The van der Waals surface area contributed by atoms with Crippen molar-refractivity contribution in [2.75, 3.05) is 19.7 Å². The van der Waals surface area contributed by atoms with Gasteiger partial charge in [0.2, 0.25) is 5.91 Å². The molecule has 10 heteroatoms. The number of alkyl halides is 3. The molecule has 1 aromatic rings. The van der Waals surface area contributed by atoms with Gasteiger partial charge in [0.15, 0.2) is 0 Å². The number of nitrogens with zero attached hydrogens (tertiary/aromatic N) is 2. The lowest BCUT2D eigenvalue weighted by atomic mass is 9.89. The molecule has 1 aromatic heterocycles. The van der Waals surface area contributed by atoms with Gasteiger partial charge >= 0.3 is 12.1 Å². The Morgan fingerprint density at radius 1 is 1.32 bits per heavy atom. The molecule has 31 heavy (non-hydrogen) atoms. The Morgan fingerprint density at radius 2 is 2.10 bits per heavy atom. The highest BCUT2D eigenvalue weighted by Gasteiger charge is 2.45. The van der Waals surface area contributed by atoms with Crippen LogP contribution in [0.2, 0.25) is 0 Å². The summed E-state index contributed by atoms with van der Waals surface area (Å²) in [7, 11) is 0. The maximum absolute atomic E-state index is 12.7. The highest BCUT2D eigenvalue weighted by Crippen LogP contribution is 2.37. The molecule has 3 aliphatic rings. The Labute approximate surface area is 177 Å². The van der Waals surface area contributed by atoms with Gasteiger partial charge in [0.05, 0.1) is 24.9 Å². The number of likely N-dealkylation sites (tertiary alicyclic amines) is 1. The third kappa shape index (κ3) is 6.19. The van der Waals surface area contributed by atoms with Crippen molar-refractivity contribution in [1.29, 1.82) is 0 Å². The number of aliphatic carboxylic acids is 1. The normalized spacial score (nSPS) is 25.6. The number of allylic oxidation sites excluding steroid dienone is 1. The number of carbonyl (C=O) groups excluding carboxylic acids is 1. The highest BCUT2D eigenvalue weighted by atomic mass is 19.4. The van der Waals surface area contributed by atoms with Gasteiger partial charge in [-0.05, 0) is 44.2 Å². The number of hydrogen-bond donors (Lipinski definition) is 1. The zero-order valence-electron chi connectivity index (χ0n) is 16.9. The molecule has 1 aliphatic carbocycles. The van der Waals surface area contributed by atoms with E-state index >= 15 is 0 Å². The van der Waals surface area contributed by atoms with Crippen molar-refractivity contribution in [1.82, 2.24) is 9.88 Å². The molecule has 0 radical (unpaired) electrons. The van der Waals surface area contributed by atoms with Crippen LogP contribution >= 0.6 is 0 Å². The van der Waals surface area contributed by atoms with E-state index in [4.69, 9.17) is 19.4 Å². The summed E-state index contributed by atoms with van der Waals surface area (Å²) < 4.78 is 43.9. The van der Waals surface area contributed by atoms with Gasteiger partial charge < -0.3 is 19.5 Å². The van der Waals surface area contributed by atoms with E-state index in [0.717, 1.165) is 56.4 Å². The van der Waals surface area contributed by atoms with Crippen LogP contribution < -0.4 is 4.74 Å². The standard InChI is InChI=1S/C19H24N2O3.C2HF3O2/c22-18(15-5-1-2-6-15)21-10-4-8-19(14-21)11-17(13-23-19)24-16-7-3-9-20-12-16;3-2(4,5)1(6)7/h3,5,7,9,12,17H,1-2,4,6,8,10-11,13-14H2;(H,6,7)/t17-,19+;/m1./s1. The number of carboxylic acid groups (broad SMARTS) is 1. The molecule has 1 N–H and O–H groups in total. The molecule has 2 fully saturated rings. The summed E-state index contributed by atoms with van der Waals surface area (Å²) >= 11 is 0. The molecule has 4 rings (SSSR count). The van der Waals surface area contributed by atoms with E-state index in [1.165, 1.54) is 0 Å². The highest BCUT2D eigenvalue weighted by molar-refractivity contribution is 5.93. The van der Waals surface area contributed by atoms with Crippen molar-refractivity contribution in [2.24, 2.45) is 0 Å². The average Bonchev–Trinajstić information content (AvgIpc) is 3.39. The first-order chi connectivity index (χ1) is 14.7. The number of halogens is 3. The van der Waals surface area contributed by atoms with Gasteiger partial charge in [0.1, 0.15) is 11.9 Å². The second-order valence-electron chi connectivity index (χ2n) is 7.88. The first kappa shape index (κ1) is 23.1. The summed E-state index contributed by atoms with van der Waals surface area (Å²) in [6.45, 7) is 2.12. The van der Waals surface area contributed by atoms with Gasteiger partial charge in [-0.15, -0.1) is 0 Å². The number of ether oxygens (including phenoxy) is 2. The van der Waals surface area contributed by atoms with Crippen LogP contribution in [0.5, 0.6) is 5.75 Å². The molecule has 2 saturated heterocycles. The Kier molecular flexibility index (Phi) is 7.19. The van der Waals surface area contributed by atoms with Crippen LogP contribution in [-0.4, -0.2) is 64.4 Å². The van der Waals surface area contributed by atoms with Crippen LogP contribution in [-0.2, 0) is 14.3 Å². The average molecular weight is 442 g/mol. The van der Waals surface area contributed by atoms with Crippen molar-refractivity contribution >= 4 is 11.9 Å². The first-order valence-corrected chi connectivity index (χ1v) is 10.2. The molecule has 3 heterocycles. The monoisotopic (exact) mass is 442 g/mol. The fourth-order valence-corrected chi connectivity index (χ4v) is 4.11. The van der Waals surface area contributed by atoms with Crippen molar-refractivity contribution in [3.8, 4) is 5.75 Å². The van der Waals surface area contributed by atoms with Gasteiger partial charge in [0, 0.05) is 24.7 Å². The lowest BCUT2D eigenvalue weighted by Crippen LogP contribution is -2.50. The van der Waals surface area contributed by atoms with Crippen LogP contribution in [0.1, 0.15) is 38.5 Å². The van der Waals surface area contributed by atoms with Gasteiger partial charge in [-0.1, -0.05) is 6.08 Å². The number of piperidine rings is 1. The molecule has 2 atom stereocenters. The Bertz CT molecular complexity index is 815. The van der Waals surface area contributed by atoms with E-state index in [9.17, 15) is 18.0 Å². The molecule has 170 valence electrons. The van der Waals surface area contributed by atoms with E-state index in [1.807, 2.05) is 17.0 Å². The first-order valence-electron chi connectivity index (χ1n) is 10.2. The van der Waals surface area contributed by atoms with Gasteiger partial charge in [-0.2, -0.15) is 13.2 Å². The summed E-state index contributed by atoms with van der Waals surface area (Å²) in [6.07, 6.45) is 6.44. The number of pyridine rings is 1. The maximum Gasteiger partial charge on any atom is 0.490 e. The third-order valence-corrected chi connectivity index (χ3v) is 5.50. The molecule has 0 unspecified atom stereocenters. The molecule has 0 saturated carbocycles. The molecule has 2 aliphatic heterocycles. The summed E-state index contributed by atoms with van der Waals surface area (Å²) in [5.74, 6) is -1.76. The Morgan fingerprint density at radius 3 is 2.71 bits per heavy atom. The topological polar surface area (TPSA) is 89.0 Å². The second-order valence-corrected chi connectivity index (χ2v) is 7.88. The Balaban J connectivity index is 0.000000339. The number of rotatable bonds is 3. The second kappa shape index (κ2) is 9.67. The molecular weight excluding hydrogens is 417 g/mol. The lowest BCUT2D eigenvalue weighted by Gasteiger charge is -2.39. The number of carboxylic acids is 1. The van der Waals surface area contributed by atoms with E-state index in [2.05, 4.69) is 11.1 Å². The SMILES string of the molecule is O=C(C1=CCCC1)N1CCC[C@]2(C[C@@H](Oc3cccnc3)CO2)C1.O=C(O)C(F)(F)F. The predicted molar refractivity (Wildman–Crippen MR) is 103 cm³/mol. The Hall–Kier alpha value is -2.62. The smallest absolute Gasteiger partial charge is 0.486 e. The van der Waals surface area contributed by atoms with Crippen molar-refractivity contribution in [2.45, 2.75) is 56.4 Å². The van der Waals surface area contributed by atoms with E-state index in [-0.39, 0.29) is 17.6 Å². The van der Waals surface area contributed by atoms with Gasteiger partial charge in [-0.25, -0.2) is 4.79 Å². The van der Waals surface area contributed by atoms with Crippen LogP contribution in [0.3, 0.4) is 0 Å². The predicted octanol–water partition coefficient (Wildman–Crippen LogP) is 3.35. The van der Waals surface area contributed by atoms with Gasteiger partial charge in [0.25, 0.3) is 0 Å². The summed E-state index contributed by atoms with van der Waals surface area (Å²) in [5, 5.41) is 7.12. The van der Waals surface area contributed by atoms with E-state index < -0.39 is 12.1 Å². The minimum atomic E-state index is -5.08. The van der Waals surface area contributed by atoms with Crippen molar-refractivity contribution in [3.05, 3.63) is 36.2 Å². The third-order valence-electron chi connectivity index (χ3n) is 5.50. The summed E-state index contributed by atoms with van der Waals surface area (Å²) in [6, 6.07) is 3.79. The van der Waals surface area contributed by atoms with Crippen LogP contribution in [0, 0.1) is 0 Å². The fourth-order valence-electron chi connectivity index (χ4n) is 4.11. The minimum Gasteiger partial charge on any atom is -0.486 e. The molecular formula is C21H25F3N2O5. The zero-order valence-corrected chi connectivity index (χ0v) is 16.9. The summed E-state index contributed by atoms with van der Waals surface area (Å²) in [5.41, 5.74) is 0.758. The van der Waals surface area contributed by atoms with Crippen LogP contribution in [0.25, 0.3) is 0 Å². The lowest BCUT2D eigenvalue weighted by molar-refractivity contribution is -0.192. The minimum absolute atomic E-state index is 0.0370. The van der Waals surface area contributed by atoms with Crippen LogP contribution in [0.15, 0.2) is 36.2 Å². The number of aromatic nitrogens is 1. The van der Waals surface area contributed by atoms with Crippen molar-refractivity contribution in [3.63, 3.8) is 0 Å². The van der Waals surface area contributed by atoms with E-state index in [0.29, 0.717) is 13.2 Å². The number of amides is 1. The molecule has 7 nitrogen and oxygen atoms in total. The fraction of sp³-hybridized carbons (Fsp3) is 0.571. The molecule has 1 spiro atoms. The van der Waals surface area contributed by atoms with E-state index in [1.54, 1.807) is 12.4 Å². The zero-order chi connectivity index (χ0) is 22.5. The summed E-state index contributed by atoms with van der Waals surface area (Å²) in [4.78, 5) is 27.6. The number of hydrogen-bond acceptors (Lipinski definition) is 5. The maximum atomic E-state index is 12.7. The number of carbonyl (C=O) groups is 2. The largest absolute Gasteiger partial charge is 0.490 e. The molecule has 0 aromatic carbocycles. The van der Waals surface area contributed by atoms with Crippen LogP contribution in [0.4, 0.5) is 13.2 Å². The van der Waals surface area contributed by atoms with Crippen molar-refractivity contribution < 1.29 is 37.3 Å².